The highest BCUT2D eigenvalue weighted by molar-refractivity contribution is 9.10. The summed E-state index contributed by atoms with van der Waals surface area (Å²) in [7, 11) is 1.63. The molecule has 1 unspecified atom stereocenters. The van der Waals surface area contributed by atoms with Gasteiger partial charge in [0.25, 0.3) is 0 Å². The summed E-state index contributed by atoms with van der Waals surface area (Å²) in [6.45, 7) is 3.11. The number of ether oxygens (including phenoxy) is 1. The number of methoxy groups -OCH3 is 1. The molecule has 0 saturated heterocycles. The Kier molecular flexibility index (Phi) is 6.09. The molecule has 2 rings (SSSR count). The van der Waals surface area contributed by atoms with E-state index in [1.807, 2.05) is 12.1 Å². The number of rotatable bonds is 6. The largest absolute Gasteiger partial charge is 0.495 e. The van der Waals surface area contributed by atoms with Crippen LogP contribution in [0.5, 0.6) is 5.75 Å². The summed E-state index contributed by atoms with van der Waals surface area (Å²) in [5.74, 6) is 0.700. The van der Waals surface area contributed by atoms with Crippen LogP contribution in [0, 0.1) is 0 Å². The average molecular weight is 369 g/mol. The van der Waals surface area contributed by atoms with Gasteiger partial charge in [-0.25, -0.2) is 0 Å². The molecule has 0 saturated carbocycles. The number of hydrogen-bond acceptors (Lipinski definition) is 2. The first-order valence-corrected chi connectivity index (χ1v) is 8.15. The van der Waals surface area contributed by atoms with Crippen LogP contribution in [0.3, 0.4) is 0 Å². The zero-order valence-corrected chi connectivity index (χ0v) is 14.5. The lowest BCUT2D eigenvalue weighted by Gasteiger charge is -2.20. The second-order valence-electron chi connectivity index (χ2n) is 4.83. The molecule has 0 aliphatic heterocycles. The highest BCUT2D eigenvalue weighted by Crippen LogP contribution is 2.30. The Morgan fingerprint density at radius 3 is 2.38 bits per heavy atom. The topological polar surface area (TPSA) is 21.3 Å². The molecule has 2 aromatic rings. The van der Waals surface area contributed by atoms with Gasteiger partial charge in [-0.2, -0.15) is 0 Å². The number of hydrogen-bond donors (Lipinski definition) is 1. The van der Waals surface area contributed by atoms with Crippen LogP contribution in [-0.4, -0.2) is 13.7 Å². The van der Waals surface area contributed by atoms with Crippen LogP contribution in [0.4, 0.5) is 0 Å². The summed E-state index contributed by atoms with van der Waals surface area (Å²) in [6, 6.07) is 14.4. The van der Waals surface area contributed by atoms with E-state index in [1.54, 1.807) is 7.11 Å². The number of halogens is 2. The van der Waals surface area contributed by atoms with Crippen molar-refractivity contribution in [2.24, 2.45) is 0 Å². The molecule has 0 radical (unpaired) electrons. The number of benzene rings is 2. The van der Waals surface area contributed by atoms with Crippen molar-refractivity contribution in [3.8, 4) is 5.75 Å². The van der Waals surface area contributed by atoms with E-state index in [9.17, 15) is 0 Å². The maximum atomic E-state index is 6.26. The van der Waals surface area contributed by atoms with Crippen molar-refractivity contribution in [2.75, 3.05) is 13.7 Å². The van der Waals surface area contributed by atoms with Crippen molar-refractivity contribution < 1.29 is 4.74 Å². The summed E-state index contributed by atoms with van der Waals surface area (Å²) in [4.78, 5) is 0. The molecule has 1 N–H and O–H groups in total. The first kappa shape index (κ1) is 16.3. The first-order valence-electron chi connectivity index (χ1n) is 6.98. The Morgan fingerprint density at radius 1 is 1.14 bits per heavy atom. The Balaban J connectivity index is 2.35. The molecule has 0 aromatic heterocycles. The summed E-state index contributed by atoms with van der Waals surface area (Å²) < 4.78 is 6.30. The molecular formula is C17H19BrClNO. The van der Waals surface area contributed by atoms with Crippen molar-refractivity contribution in [2.45, 2.75) is 19.4 Å². The van der Waals surface area contributed by atoms with E-state index in [2.05, 4.69) is 58.5 Å². The van der Waals surface area contributed by atoms with E-state index in [4.69, 9.17) is 16.3 Å². The third-order valence-corrected chi connectivity index (χ3v) is 4.14. The monoisotopic (exact) mass is 367 g/mol. The average Bonchev–Trinajstić information content (AvgIpc) is 2.49. The molecule has 0 amide bonds. The molecule has 0 heterocycles. The van der Waals surface area contributed by atoms with Gasteiger partial charge in [0.2, 0.25) is 0 Å². The smallest absolute Gasteiger partial charge is 0.137 e. The molecular weight excluding hydrogens is 350 g/mol. The number of nitrogens with one attached hydrogen (secondary N) is 1. The maximum absolute atomic E-state index is 6.26. The van der Waals surface area contributed by atoms with Crippen molar-refractivity contribution in [1.29, 1.82) is 0 Å². The predicted molar refractivity (Wildman–Crippen MR) is 92.3 cm³/mol. The van der Waals surface area contributed by atoms with Gasteiger partial charge in [-0.1, -0.05) is 52.7 Å². The van der Waals surface area contributed by atoms with E-state index in [1.165, 1.54) is 5.56 Å². The van der Waals surface area contributed by atoms with E-state index < -0.39 is 0 Å². The normalized spacial score (nSPS) is 12.2. The van der Waals surface area contributed by atoms with Gasteiger partial charge in [-0.15, -0.1) is 0 Å². The van der Waals surface area contributed by atoms with Crippen LogP contribution in [0.25, 0.3) is 0 Å². The van der Waals surface area contributed by atoms with Gasteiger partial charge >= 0.3 is 0 Å². The zero-order valence-electron chi connectivity index (χ0n) is 12.2. The van der Waals surface area contributed by atoms with Crippen LogP contribution >= 0.6 is 27.5 Å². The molecule has 0 spiro atoms. The molecule has 0 aliphatic carbocycles. The van der Waals surface area contributed by atoms with E-state index in [0.717, 1.165) is 23.0 Å². The van der Waals surface area contributed by atoms with Crippen LogP contribution < -0.4 is 10.1 Å². The van der Waals surface area contributed by atoms with Crippen LogP contribution in [-0.2, 0) is 0 Å². The lowest BCUT2D eigenvalue weighted by molar-refractivity contribution is 0.414. The molecule has 21 heavy (non-hydrogen) atoms. The van der Waals surface area contributed by atoms with Gasteiger partial charge in [-0.05, 0) is 48.4 Å². The predicted octanol–water partition coefficient (Wildman–Crippen LogP) is 5.20. The third-order valence-electron chi connectivity index (χ3n) is 3.31. The second-order valence-corrected chi connectivity index (χ2v) is 6.16. The summed E-state index contributed by atoms with van der Waals surface area (Å²) in [5.41, 5.74) is 2.35. The molecule has 112 valence electrons. The van der Waals surface area contributed by atoms with Crippen molar-refractivity contribution >= 4 is 27.5 Å². The van der Waals surface area contributed by atoms with Gasteiger partial charge < -0.3 is 10.1 Å². The van der Waals surface area contributed by atoms with E-state index >= 15 is 0 Å². The molecule has 0 aliphatic rings. The van der Waals surface area contributed by atoms with Crippen molar-refractivity contribution in [3.63, 3.8) is 0 Å². The minimum absolute atomic E-state index is 0.126. The van der Waals surface area contributed by atoms with Gasteiger partial charge in [0, 0.05) is 4.47 Å². The molecule has 0 bridgehead atoms. The summed E-state index contributed by atoms with van der Waals surface area (Å²) in [6.07, 6.45) is 1.08. The third kappa shape index (κ3) is 4.22. The molecule has 0 fully saturated rings. The first-order chi connectivity index (χ1) is 10.2. The zero-order chi connectivity index (χ0) is 15.2. The minimum Gasteiger partial charge on any atom is -0.495 e. The SMILES string of the molecule is CCCNC(c1ccc(Br)cc1)c1ccc(OC)c(Cl)c1. The fourth-order valence-electron chi connectivity index (χ4n) is 2.23. The molecule has 2 aromatic carbocycles. The molecule has 1 atom stereocenters. The Hall–Kier alpha value is -1.03. The molecule has 4 heteroatoms. The van der Waals surface area contributed by atoms with Gasteiger partial charge in [0.1, 0.15) is 5.75 Å². The fourth-order valence-corrected chi connectivity index (χ4v) is 2.76. The van der Waals surface area contributed by atoms with Crippen molar-refractivity contribution in [1.82, 2.24) is 5.32 Å². The van der Waals surface area contributed by atoms with Gasteiger partial charge in [0.05, 0.1) is 18.2 Å². The maximum Gasteiger partial charge on any atom is 0.137 e. The highest BCUT2D eigenvalue weighted by atomic mass is 79.9. The Morgan fingerprint density at radius 2 is 1.81 bits per heavy atom. The van der Waals surface area contributed by atoms with Crippen LogP contribution in [0.2, 0.25) is 5.02 Å². The minimum atomic E-state index is 0.126. The van der Waals surface area contributed by atoms with Crippen molar-refractivity contribution in [3.05, 3.63) is 63.1 Å². The Labute approximate surface area is 139 Å². The second kappa shape index (κ2) is 7.83. The van der Waals surface area contributed by atoms with Gasteiger partial charge in [0.15, 0.2) is 0 Å². The van der Waals surface area contributed by atoms with E-state index in [-0.39, 0.29) is 6.04 Å². The highest BCUT2D eigenvalue weighted by Gasteiger charge is 2.15. The quantitative estimate of drug-likeness (QED) is 0.756. The van der Waals surface area contributed by atoms with Crippen LogP contribution in [0.15, 0.2) is 46.9 Å². The standard InChI is InChI=1S/C17H19BrClNO/c1-3-10-20-17(12-4-7-14(18)8-5-12)13-6-9-16(21-2)15(19)11-13/h4-9,11,17,20H,3,10H2,1-2H3. The Bertz CT molecular complexity index is 586. The lowest BCUT2D eigenvalue weighted by atomic mass is 9.98. The van der Waals surface area contributed by atoms with Gasteiger partial charge in [-0.3, -0.25) is 0 Å². The lowest BCUT2D eigenvalue weighted by Crippen LogP contribution is -2.23. The van der Waals surface area contributed by atoms with E-state index in [0.29, 0.717) is 10.8 Å². The summed E-state index contributed by atoms with van der Waals surface area (Å²) >= 11 is 9.74. The fraction of sp³-hybridized carbons (Fsp3) is 0.294. The molecule has 2 nitrogen and oxygen atoms in total. The van der Waals surface area contributed by atoms with Crippen LogP contribution in [0.1, 0.15) is 30.5 Å². The summed E-state index contributed by atoms with van der Waals surface area (Å²) in [5, 5.41) is 4.21.